The quantitative estimate of drug-likeness (QED) is 0.901. The molecule has 0 aromatic heterocycles. The van der Waals surface area contributed by atoms with E-state index in [0.29, 0.717) is 0 Å². The van der Waals surface area contributed by atoms with Crippen LogP contribution in [0.4, 0.5) is 0 Å². The molecule has 136 valence electrons. The lowest BCUT2D eigenvalue weighted by Gasteiger charge is -2.40. The lowest BCUT2D eigenvalue weighted by atomic mass is 9.96. The highest BCUT2D eigenvalue weighted by molar-refractivity contribution is 5.81. The summed E-state index contributed by atoms with van der Waals surface area (Å²) >= 11 is 0. The number of piperazine rings is 1. The molecule has 1 saturated carbocycles. The number of benzene rings is 2. The van der Waals surface area contributed by atoms with Crippen molar-refractivity contribution in [2.45, 2.75) is 12.5 Å². The average Bonchev–Trinajstić information content (AvgIpc) is 3.50. The molecule has 2 aromatic rings. The number of carbonyl (C=O) groups excluding carboxylic acids is 1. The van der Waals surface area contributed by atoms with Crippen molar-refractivity contribution < 1.29 is 9.90 Å². The molecular formula is C22H26N2O2. The third kappa shape index (κ3) is 3.53. The highest BCUT2D eigenvalue weighted by Crippen LogP contribution is 2.39. The Kier molecular flexibility index (Phi) is 5.05. The zero-order chi connectivity index (χ0) is 17.9. The fraction of sp³-hybridized carbons (Fsp3) is 0.409. The average molecular weight is 350 g/mol. The summed E-state index contributed by atoms with van der Waals surface area (Å²) in [5, 5.41) is 9.21. The molecule has 4 heteroatoms. The molecule has 1 aliphatic carbocycles. The van der Waals surface area contributed by atoms with E-state index in [2.05, 4.69) is 65.6 Å². The van der Waals surface area contributed by atoms with E-state index in [-0.39, 0.29) is 30.4 Å². The van der Waals surface area contributed by atoms with Crippen molar-refractivity contribution in [2.75, 3.05) is 32.8 Å². The molecule has 1 heterocycles. The summed E-state index contributed by atoms with van der Waals surface area (Å²) in [4.78, 5) is 17.0. The molecule has 4 nitrogen and oxygen atoms in total. The molecule has 0 radical (unpaired) electrons. The summed E-state index contributed by atoms with van der Waals surface area (Å²) in [6.07, 6.45) is 0.853. The summed E-state index contributed by atoms with van der Waals surface area (Å²) in [6, 6.07) is 21.4. The van der Waals surface area contributed by atoms with E-state index in [4.69, 9.17) is 0 Å². The van der Waals surface area contributed by atoms with E-state index in [9.17, 15) is 9.90 Å². The van der Waals surface area contributed by atoms with Crippen LogP contribution in [0.3, 0.4) is 0 Å². The van der Waals surface area contributed by atoms with Crippen LogP contribution in [-0.4, -0.2) is 53.6 Å². The van der Waals surface area contributed by atoms with Crippen molar-refractivity contribution in [3.05, 3.63) is 71.8 Å². The van der Waals surface area contributed by atoms with E-state index in [1.165, 1.54) is 11.1 Å². The molecule has 2 aromatic carbocycles. The first-order valence-electron chi connectivity index (χ1n) is 9.51. The first-order valence-corrected chi connectivity index (χ1v) is 9.51. The zero-order valence-corrected chi connectivity index (χ0v) is 15.0. The third-order valence-electron chi connectivity index (χ3n) is 5.70. The first kappa shape index (κ1) is 17.3. The van der Waals surface area contributed by atoms with Gasteiger partial charge < -0.3 is 10.0 Å². The van der Waals surface area contributed by atoms with E-state index < -0.39 is 0 Å². The molecular weight excluding hydrogens is 324 g/mol. The van der Waals surface area contributed by atoms with Crippen LogP contribution in [0.25, 0.3) is 0 Å². The Morgan fingerprint density at radius 2 is 1.46 bits per heavy atom. The second kappa shape index (κ2) is 7.60. The summed E-state index contributed by atoms with van der Waals surface area (Å²) in [7, 11) is 0. The lowest BCUT2D eigenvalue weighted by molar-refractivity contribution is -0.135. The van der Waals surface area contributed by atoms with Crippen molar-refractivity contribution in [2.24, 2.45) is 11.8 Å². The Morgan fingerprint density at radius 3 is 1.92 bits per heavy atom. The second-order valence-corrected chi connectivity index (χ2v) is 7.37. The van der Waals surface area contributed by atoms with Crippen LogP contribution in [0.2, 0.25) is 0 Å². The molecule has 1 aliphatic heterocycles. The molecule has 2 fully saturated rings. The SMILES string of the molecule is O=C(C1CC1CO)N1CCN(C(c2ccccc2)c2ccccc2)CC1. The summed E-state index contributed by atoms with van der Waals surface area (Å²) in [5.74, 6) is 0.493. The summed E-state index contributed by atoms with van der Waals surface area (Å²) < 4.78 is 0. The molecule has 1 N–H and O–H groups in total. The molecule has 1 amide bonds. The highest BCUT2D eigenvalue weighted by atomic mass is 16.3. The number of hydrogen-bond donors (Lipinski definition) is 1. The van der Waals surface area contributed by atoms with Gasteiger partial charge in [-0.05, 0) is 23.5 Å². The van der Waals surface area contributed by atoms with Gasteiger partial charge in [-0.3, -0.25) is 9.69 Å². The Morgan fingerprint density at radius 1 is 0.923 bits per heavy atom. The number of aliphatic hydroxyl groups excluding tert-OH is 1. The maximum absolute atomic E-state index is 12.5. The van der Waals surface area contributed by atoms with Gasteiger partial charge in [0.25, 0.3) is 0 Å². The summed E-state index contributed by atoms with van der Waals surface area (Å²) in [6.45, 7) is 3.42. The lowest BCUT2D eigenvalue weighted by Crippen LogP contribution is -2.50. The Bertz CT molecular complexity index is 687. The topological polar surface area (TPSA) is 43.8 Å². The molecule has 2 atom stereocenters. The molecule has 2 unspecified atom stereocenters. The van der Waals surface area contributed by atoms with Gasteiger partial charge in [0.1, 0.15) is 0 Å². The number of hydrogen-bond acceptors (Lipinski definition) is 3. The van der Waals surface area contributed by atoms with Crippen molar-refractivity contribution in [1.82, 2.24) is 9.80 Å². The van der Waals surface area contributed by atoms with Crippen LogP contribution < -0.4 is 0 Å². The fourth-order valence-corrected chi connectivity index (χ4v) is 4.07. The molecule has 2 aliphatic rings. The van der Waals surface area contributed by atoms with Gasteiger partial charge in [0.15, 0.2) is 0 Å². The van der Waals surface area contributed by atoms with Crippen LogP contribution in [0, 0.1) is 11.8 Å². The van der Waals surface area contributed by atoms with Gasteiger partial charge in [0.2, 0.25) is 5.91 Å². The number of carbonyl (C=O) groups is 1. The predicted molar refractivity (Wildman–Crippen MR) is 102 cm³/mol. The number of amides is 1. The molecule has 1 saturated heterocycles. The predicted octanol–water partition coefficient (Wildman–Crippen LogP) is 2.55. The molecule has 0 spiro atoms. The van der Waals surface area contributed by atoms with Crippen molar-refractivity contribution >= 4 is 5.91 Å². The van der Waals surface area contributed by atoms with Gasteiger partial charge in [0, 0.05) is 38.7 Å². The molecule has 26 heavy (non-hydrogen) atoms. The van der Waals surface area contributed by atoms with Gasteiger partial charge in [-0.2, -0.15) is 0 Å². The maximum atomic E-state index is 12.5. The van der Waals surface area contributed by atoms with Gasteiger partial charge in [-0.15, -0.1) is 0 Å². The van der Waals surface area contributed by atoms with Gasteiger partial charge in [0.05, 0.1) is 6.04 Å². The third-order valence-corrected chi connectivity index (χ3v) is 5.70. The van der Waals surface area contributed by atoms with Crippen LogP contribution in [0.1, 0.15) is 23.6 Å². The van der Waals surface area contributed by atoms with E-state index in [0.717, 1.165) is 32.6 Å². The molecule has 4 rings (SSSR count). The van der Waals surface area contributed by atoms with E-state index in [1.54, 1.807) is 0 Å². The normalized spacial score (nSPS) is 23.2. The number of rotatable bonds is 5. The largest absolute Gasteiger partial charge is 0.396 e. The minimum atomic E-state index is 0.0607. The number of aliphatic hydroxyl groups is 1. The van der Waals surface area contributed by atoms with E-state index >= 15 is 0 Å². The summed E-state index contributed by atoms with van der Waals surface area (Å²) in [5.41, 5.74) is 2.59. The Labute approximate surface area is 155 Å². The van der Waals surface area contributed by atoms with Crippen LogP contribution in [0.15, 0.2) is 60.7 Å². The smallest absolute Gasteiger partial charge is 0.226 e. The Hall–Kier alpha value is -2.17. The maximum Gasteiger partial charge on any atom is 0.226 e. The molecule has 0 bridgehead atoms. The first-order chi connectivity index (χ1) is 12.8. The van der Waals surface area contributed by atoms with Crippen molar-refractivity contribution in [3.63, 3.8) is 0 Å². The van der Waals surface area contributed by atoms with Crippen LogP contribution >= 0.6 is 0 Å². The standard InChI is InChI=1S/C22H26N2O2/c25-16-19-15-20(19)22(26)24-13-11-23(12-14-24)21(17-7-3-1-4-8-17)18-9-5-2-6-10-18/h1-10,19-21,25H,11-16H2. The van der Waals surface area contributed by atoms with E-state index in [1.807, 2.05) is 4.90 Å². The Balaban J connectivity index is 1.47. The second-order valence-electron chi connectivity index (χ2n) is 7.37. The van der Waals surface area contributed by atoms with Gasteiger partial charge in [-0.1, -0.05) is 60.7 Å². The highest BCUT2D eigenvalue weighted by Gasteiger charge is 2.44. The van der Waals surface area contributed by atoms with Crippen LogP contribution in [0.5, 0.6) is 0 Å². The van der Waals surface area contributed by atoms with Gasteiger partial charge >= 0.3 is 0 Å². The fourth-order valence-electron chi connectivity index (χ4n) is 4.07. The number of nitrogens with zero attached hydrogens (tertiary/aromatic N) is 2. The van der Waals surface area contributed by atoms with Crippen molar-refractivity contribution in [3.8, 4) is 0 Å². The zero-order valence-electron chi connectivity index (χ0n) is 15.0. The minimum Gasteiger partial charge on any atom is -0.396 e. The van der Waals surface area contributed by atoms with Crippen molar-refractivity contribution in [1.29, 1.82) is 0 Å². The van der Waals surface area contributed by atoms with Gasteiger partial charge in [-0.25, -0.2) is 0 Å². The monoisotopic (exact) mass is 350 g/mol. The minimum absolute atomic E-state index is 0.0607. The van der Waals surface area contributed by atoms with Crippen LogP contribution in [-0.2, 0) is 4.79 Å².